The molecule has 2 N–H and O–H groups in total. The van der Waals surface area contributed by atoms with Gasteiger partial charge in [-0.1, -0.05) is 0 Å². The predicted octanol–water partition coefficient (Wildman–Crippen LogP) is 1.63. The van der Waals surface area contributed by atoms with Gasteiger partial charge in [0.25, 0.3) is 0 Å². The minimum Gasteiger partial charge on any atom is -0.384 e. The largest absolute Gasteiger partial charge is 0.384 e. The van der Waals surface area contributed by atoms with Gasteiger partial charge >= 0.3 is 0 Å². The van der Waals surface area contributed by atoms with E-state index in [4.69, 9.17) is 0 Å². The van der Waals surface area contributed by atoms with E-state index in [1.807, 2.05) is 25.4 Å². The van der Waals surface area contributed by atoms with Crippen molar-refractivity contribution >= 4 is 11.5 Å². The van der Waals surface area contributed by atoms with Crippen molar-refractivity contribution in [1.29, 1.82) is 0 Å². The van der Waals surface area contributed by atoms with E-state index < -0.39 is 0 Å². The van der Waals surface area contributed by atoms with Crippen LogP contribution in [-0.4, -0.2) is 43.1 Å². The summed E-state index contributed by atoms with van der Waals surface area (Å²) in [6.45, 7) is 4.67. The molecule has 0 unspecified atom stereocenters. The minimum atomic E-state index is 0.908. The van der Waals surface area contributed by atoms with Gasteiger partial charge < -0.3 is 15.5 Å². The maximum Gasteiger partial charge on any atom is 0.127 e. The van der Waals surface area contributed by atoms with Gasteiger partial charge in [-0.3, -0.25) is 0 Å². The standard InChI is InChI=1S/C12H20N4/c1-13-12-10-11(4-5-15-12)14-6-9-16-7-2-3-8-16/h4-5,10H,2-3,6-9H2,1H3,(H2,13,14,15). The van der Waals surface area contributed by atoms with Crippen molar-refractivity contribution in [2.45, 2.75) is 12.8 Å². The summed E-state index contributed by atoms with van der Waals surface area (Å²) < 4.78 is 0. The van der Waals surface area contributed by atoms with Gasteiger partial charge in [0.15, 0.2) is 0 Å². The zero-order valence-electron chi connectivity index (χ0n) is 9.87. The molecule has 88 valence electrons. The fraction of sp³-hybridized carbons (Fsp3) is 0.583. The lowest BCUT2D eigenvalue weighted by Crippen LogP contribution is -2.25. The molecule has 16 heavy (non-hydrogen) atoms. The molecule has 1 aromatic heterocycles. The van der Waals surface area contributed by atoms with Crippen molar-refractivity contribution in [1.82, 2.24) is 9.88 Å². The lowest BCUT2D eigenvalue weighted by molar-refractivity contribution is 0.352. The average molecular weight is 220 g/mol. The predicted molar refractivity (Wildman–Crippen MR) is 67.9 cm³/mol. The lowest BCUT2D eigenvalue weighted by atomic mass is 10.3. The summed E-state index contributed by atoms with van der Waals surface area (Å²) in [6.07, 6.45) is 4.54. The second-order valence-electron chi connectivity index (χ2n) is 4.16. The number of anilines is 2. The van der Waals surface area contributed by atoms with Gasteiger partial charge in [-0.25, -0.2) is 4.98 Å². The van der Waals surface area contributed by atoms with Crippen LogP contribution in [-0.2, 0) is 0 Å². The third-order valence-electron chi connectivity index (χ3n) is 2.97. The number of hydrogen-bond donors (Lipinski definition) is 2. The van der Waals surface area contributed by atoms with Gasteiger partial charge in [-0.2, -0.15) is 0 Å². The second-order valence-corrected chi connectivity index (χ2v) is 4.16. The zero-order chi connectivity index (χ0) is 11.2. The topological polar surface area (TPSA) is 40.2 Å². The lowest BCUT2D eigenvalue weighted by Gasteiger charge is -2.15. The first-order valence-corrected chi connectivity index (χ1v) is 5.98. The maximum absolute atomic E-state index is 4.18. The molecule has 4 heteroatoms. The number of rotatable bonds is 5. The van der Waals surface area contributed by atoms with Crippen molar-refractivity contribution in [3.05, 3.63) is 18.3 Å². The Morgan fingerprint density at radius 1 is 1.38 bits per heavy atom. The number of nitrogens with one attached hydrogen (secondary N) is 2. The van der Waals surface area contributed by atoms with Gasteiger partial charge in [0.05, 0.1) is 0 Å². The second kappa shape index (κ2) is 5.70. The van der Waals surface area contributed by atoms with E-state index in [0.717, 1.165) is 24.6 Å². The first-order valence-electron chi connectivity index (χ1n) is 5.98. The fourth-order valence-electron chi connectivity index (χ4n) is 2.04. The van der Waals surface area contributed by atoms with E-state index in [0.29, 0.717) is 0 Å². The summed E-state index contributed by atoms with van der Waals surface area (Å²) in [4.78, 5) is 6.69. The molecule has 2 rings (SSSR count). The number of hydrogen-bond acceptors (Lipinski definition) is 4. The first-order chi connectivity index (χ1) is 7.88. The molecule has 1 aliphatic rings. The fourth-order valence-corrected chi connectivity index (χ4v) is 2.04. The number of nitrogens with zero attached hydrogens (tertiary/aromatic N) is 2. The molecule has 1 aliphatic heterocycles. The Bertz CT molecular complexity index is 321. The highest BCUT2D eigenvalue weighted by Gasteiger charge is 2.09. The molecule has 0 radical (unpaired) electrons. The number of likely N-dealkylation sites (tertiary alicyclic amines) is 1. The third kappa shape index (κ3) is 3.10. The summed E-state index contributed by atoms with van der Waals surface area (Å²) in [5, 5.41) is 6.46. The van der Waals surface area contributed by atoms with Crippen LogP contribution in [0.25, 0.3) is 0 Å². The molecule has 0 bridgehead atoms. The Balaban J connectivity index is 1.75. The van der Waals surface area contributed by atoms with Gasteiger partial charge in [0.1, 0.15) is 5.82 Å². The van der Waals surface area contributed by atoms with Crippen molar-refractivity contribution in [3.63, 3.8) is 0 Å². The van der Waals surface area contributed by atoms with E-state index in [-0.39, 0.29) is 0 Å². The van der Waals surface area contributed by atoms with Crippen molar-refractivity contribution in [2.75, 3.05) is 43.9 Å². The summed E-state index contributed by atoms with van der Waals surface area (Å²) >= 11 is 0. The van der Waals surface area contributed by atoms with Gasteiger partial charge in [-0.15, -0.1) is 0 Å². The van der Waals surface area contributed by atoms with Crippen LogP contribution in [0.1, 0.15) is 12.8 Å². The van der Waals surface area contributed by atoms with Crippen LogP contribution >= 0.6 is 0 Å². The molecule has 0 aliphatic carbocycles. The molecule has 1 fully saturated rings. The molecule has 0 saturated carbocycles. The quantitative estimate of drug-likeness (QED) is 0.791. The smallest absolute Gasteiger partial charge is 0.127 e. The van der Waals surface area contributed by atoms with E-state index in [1.54, 1.807) is 0 Å². The van der Waals surface area contributed by atoms with Crippen molar-refractivity contribution < 1.29 is 0 Å². The number of aromatic nitrogens is 1. The van der Waals surface area contributed by atoms with Crippen LogP contribution in [0.2, 0.25) is 0 Å². The Morgan fingerprint density at radius 3 is 2.94 bits per heavy atom. The number of pyridine rings is 1. The third-order valence-corrected chi connectivity index (χ3v) is 2.97. The van der Waals surface area contributed by atoms with Gasteiger partial charge in [-0.05, 0) is 32.0 Å². The molecular weight excluding hydrogens is 200 g/mol. The van der Waals surface area contributed by atoms with E-state index >= 15 is 0 Å². The van der Waals surface area contributed by atoms with Gasteiger partial charge in [0, 0.05) is 38.1 Å². The average Bonchev–Trinajstić information content (AvgIpc) is 2.82. The highest BCUT2D eigenvalue weighted by Crippen LogP contribution is 2.11. The molecule has 0 atom stereocenters. The molecular formula is C12H20N4. The zero-order valence-corrected chi connectivity index (χ0v) is 9.87. The summed E-state index contributed by atoms with van der Waals surface area (Å²) in [6, 6.07) is 4.04. The van der Waals surface area contributed by atoms with Crippen LogP contribution in [0.15, 0.2) is 18.3 Å². The Kier molecular flexibility index (Phi) is 3.99. The van der Waals surface area contributed by atoms with E-state index in [9.17, 15) is 0 Å². The minimum absolute atomic E-state index is 0.908. The molecule has 1 aromatic rings. The molecule has 1 saturated heterocycles. The summed E-state index contributed by atoms with van der Waals surface area (Å²) in [7, 11) is 1.89. The Labute approximate surface area is 97.1 Å². The first kappa shape index (κ1) is 11.2. The van der Waals surface area contributed by atoms with Crippen LogP contribution in [0.4, 0.5) is 11.5 Å². The van der Waals surface area contributed by atoms with Crippen LogP contribution in [0.3, 0.4) is 0 Å². The highest BCUT2D eigenvalue weighted by atomic mass is 15.1. The van der Waals surface area contributed by atoms with Crippen LogP contribution in [0, 0.1) is 0 Å². The highest BCUT2D eigenvalue weighted by molar-refractivity contribution is 5.51. The van der Waals surface area contributed by atoms with Crippen molar-refractivity contribution in [3.8, 4) is 0 Å². The van der Waals surface area contributed by atoms with E-state index in [2.05, 4.69) is 20.5 Å². The van der Waals surface area contributed by atoms with Crippen LogP contribution < -0.4 is 10.6 Å². The summed E-state index contributed by atoms with van der Waals surface area (Å²) in [5.74, 6) is 0.908. The normalized spacial score (nSPS) is 16.3. The molecule has 0 spiro atoms. The molecule has 0 aromatic carbocycles. The van der Waals surface area contributed by atoms with Gasteiger partial charge in [0.2, 0.25) is 0 Å². The maximum atomic E-state index is 4.18. The van der Waals surface area contributed by atoms with Crippen LogP contribution in [0.5, 0.6) is 0 Å². The SMILES string of the molecule is CNc1cc(NCCN2CCCC2)ccn1. The Hall–Kier alpha value is -1.29. The summed E-state index contributed by atoms with van der Waals surface area (Å²) in [5.41, 5.74) is 1.14. The van der Waals surface area contributed by atoms with E-state index in [1.165, 1.54) is 25.9 Å². The molecule has 4 nitrogen and oxygen atoms in total. The monoisotopic (exact) mass is 220 g/mol. The Morgan fingerprint density at radius 2 is 2.19 bits per heavy atom. The molecule has 0 amide bonds. The molecule has 2 heterocycles. The van der Waals surface area contributed by atoms with Crippen molar-refractivity contribution in [2.24, 2.45) is 0 Å².